The molecule has 1 amide bonds. The second-order valence-corrected chi connectivity index (χ2v) is 8.59. The lowest BCUT2D eigenvalue weighted by Crippen LogP contribution is -2.41. The molecule has 0 rings (SSSR count). The molecular weight excluding hydrogens is 306 g/mol. The molecule has 0 aliphatic carbocycles. The molecule has 0 heterocycles. The third-order valence-corrected chi connectivity index (χ3v) is 3.65. The van der Waals surface area contributed by atoms with E-state index >= 15 is 0 Å². The number of ether oxygens (including phenoxy) is 1. The molecule has 0 bridgehead atoms. The average molecular weight is 337 g/mol. The molecule has 1 unspecified atom stereocenters. The van der Waals surface area contributed by atoms with Gasteiger partial charge in [-0.3, -0.25) is 0 Å². The van der Waals surface area contributed by atoms with Gasteiger partial charge in [0.05, 0.1) is 6.26 Å². The summed E-state index contributed by atoms with van der Waals surface area (Å²) < 4.78 is 29.5. The van der Waals surface area contributed by atoms with Gasteiger partial charge in [0, 0.05) is 19.6 Å². The summed E-state index contributed by atoms with van der Waals surface area (Å²) in [6.45, 7) is 11.7. The minimum absolute atomic E-state index is 0.241. The first-order chi connectivity index (χ1) is 9.91. The summed E-state index contributed by atoms with van der Waals surface area (Å²) in [6.07, 6.45) is 0.714. The normalized spacial score (nSPS) is 14.0. The van der Waals surface area contributed by atoms with E-state index in [-0.39, 0.29) is 5.92 Å². The van der Waals surface area contributed by atoms with Crippen molar-refractivity contribution in [1.82, 2.24) is 15.4 Å². The van der Waals surface area contributed by atoms with Crippen molar-refractivity contribution in [3.05, 3.63) is 0 Å². The van der Waals surface area contributed by atoms with Crippen LogP contribution in [0.3, 0.4) is 0 Å². The SMILES string of the molecule is CC(C)C(CNCCNS(C)(=O)=O)CNC(=O)OC(C)(C)C. The molecule has 0 aliphatic rings. The van der Waals surface area contributed by atoms with E-state index < -0.39 is 21.7 Å². The molecule has 0 fully saturated rings. The third kappa shape index (κ3) is 12.8. The molecule has 8 heteroatoms. The zero-order valence-electron chi connectivity index (χ0n) is 14.5. The highest BCUT2D eigenvalue weighted by molar-refractivity contribution is 7.88. The van der Waals surface area contributed by atoms with E-state index in [4.69, 9.17) is 4.74 Å². The molecule has 132 valence electrons. The fourth-order valence-corrected chi connectivity index (χ4v) is 2.16. The van der Waals surface area contributed by atoms with Gasteiger partial charge in [-0.1, -0.05) is 13.8 Å². The Morgan fingerprint density at radius 2 is 1.73 bits per heavy atom. The minimum atomic E-state index is -3.14. The fourth-order valence-electron chi connectivity index (χ4n) is 1.68. The van der Waals surface area contributed by atoms with E-state index in [9.17, 15) is 13.2 Å². The van der Waals surface area contributed by atoms with E-state index in [2.05, 4.69) is 29.2 Å². The summed E-state index contributed by atoms with van der Waals surface area (Å²) in [7, 11) is -3.14. The van der Waals surface area contributed by atoms with Crippen LogP contribution < -0.4 is 15.4 Å². The number of alkyl carbamates (subject to hydrolysis) is 1. The lowest BCUT2D eigenvalue weighted by Gasteiger charge is -2.24. The third-order valence-electron chi connectivity index (χ3n) is 2.92. The van der Waals surface area contributed by atoms with Crippen LogP contribution in [0.4, 0.5) is 4.79 Å². The Balaban J connectivity index is 4.04. The maximum absolute atomic E-state index is 11.6. The molecule has 22 heavy (non-hydrogen) atoms. The van der Waals surface area contributed by atoms with Gasteiger partial charge in [0.25, 0.3) is 0 Å². The molecule has 0 saturated heterocycles. The Labute approximate surface area is 134 Å². The average Bonchev–Trinajstić information content (AvgIpc) is 2.28. The zero-order chi connectivity index (χ0) is 17.4. The molecule has 0 spiro atoms. The molecule has 0 aromatic heterocycles. The van der Waals surface area contributed by atoms with Gasteiger partial charge in [-0.25, -0.2) is 17.9 Å². The molecule has 1 atom stereocenters. The van der Waals surface area contributed by atoms with Crippen molar-refractivity contribution in [2.24, 2.45) is 11.8 Å². The summed E-state index contributed by atoms with van der Waals surface area (Å²) >= 11 is 0. The van der Waals surface area contributed by atoms with Gasteiger partial charge in [-0.15, -0.1) is 0 Å². The van der Waals surface area contributed by atoms with Gasteiger partial charge in [0.2, 0.25) is 10.0 Å². The second kappa shape index (κ2) is 9.32. The van der Waals surface area contributed by atoms with Crippen molar-refractivity contribution < 1.29 is 17.9 Å². The highest BCUT2D eigenvalue weighted by atomic mass is 32.2. The Morgan fingerprint density at radius 1 is 1.14 bits per heavy atom. The van der Waals surface area contributed by atoms with Crippen LogP contribution in [0.15, 0.2) is 0 Å². The van der Waals surface area contributed by atoms with Gasteiger partial charge < -0.3 is 15.4 Å². The van der Waals surface area contributed by atoms with E-state index in [0.717, 1.165) is 6.26 Å². The highest BCUT2D eigenvalue weighted by Crippen LogP contribution is 2.10. The standard InChI is InChI=1S/C14H31N3O4S/c1-11(2)12(9-15-7-8-17-22(6,19)20)10-16-13(18)21-14(3,4)5/h11-12,15,17H,7-10H2,1-6H3,(H,16,18). The maximum atomic E-state index is 11.6. The van der Waals surface area contributed by atoms with Crippen LogP contribution in [-0.2, 0) is 14.8 Å². The van der Waals surface area contributed by atoms with Crippen LogP contribution >= 0.6 is 0 Å². The van der Waals surface area contributed by atoms with Gasteiger partial charge >= 0.3 is 6.09 Å². The first-order valence-corrected chi connectivity index (χ1v) is 9.42. The molecule has 0 saturated carbocycles. The van der Waals surface area contributed by atoms with Crippen molar-refractivity contribution >= 4 is 16.1 Å². The molecule has 3 N–H and O–H groups in total. The predicted octanol–water partition coefficient (Wildman–Crippen LogP) is 0.922. The number of sulfonamides is 1. The number of hydrogen-bond acceptors (Lipinski definition) is 5. The van der Waals surface area contributed by atoms with Crippen LogP contribution in [0.5, 0.6) is 0 Å². The second-order valence-electron chi connectivity index (χ2n) is 6.76. The van der Waals surface area contributed by atoms with E-state index in [0.29, 0.717) is 32.1 Å². The van der Waals surface area contributed by atoms with E-state index in [1.54, 1.807) is 0 Å². The fraction of sp³-hybridized carbons (Fsp3) is 0.929. The number of carbonyl (C=O) groups excluding carboxylic acids is 1. The topological polar surface area (TPSA) is 96.5 Å². The molecule has 0 radical (unpaired) electrons. The van der Waals surface area contributed by atoms with Gasteiger partial charge in [-0.2, -0.15) is 0 Å². The van der Waals surface area contributed by atoms with Crippen molar-refractivity contribution in [3.8, 4) is 0 Å². The van der Waals surface area contributed by atoms with Crippen LogP contribution in [0.2, 0.25) is 0 Å². The maximum Gasteiger partial charge on any atom is 0.407 e. The summed E-state index contributed by atoms with van der Waals surface area (Å²) in [5.41, 5.74) is -0.507. The van der Waals surface area contributed by atoms with Gasteiger partial charge in [0.15, 0.2) is 0 Å². The van der Waals surface area contributed by atoms with Crippen LogP contribution in [0.1, 0.15) is 34.6 Å². The van der Waals surface area contributed by atoms with E-state index in [1.165, 1.54) is 0 Å². The van der Waals surface area contributed by atoms with Gasteiger partial charge in [-0.05, 0) is 39.2 Å². The number of nitrogens with one attached hydrogen (secondary N) is 3. The Morgan fingerprint density at radius 3 is 2.18 bits per heavy atom. The number of carbonyl (C=O) groups is 1. The highest BCUT2D eigenvalue weighted by Gasteiger charge is 2.18. The van der Waals surface area contributed by atoms with Crippen LogP contribution in [0, 0.1) is 11.8 Å². The zero-order valence-corrected chi connectivity index (χ0v) is 15.3. The first kappa shape index (κ1) is 21.1. The predicted molar refractivity (Wildman–Crippen MR) is 88.3 cm³/mol. The quantitative estimate of drug-likeness (QED) is 0.544. The molecule has 0 aromatic rings. The molecular formula is C14H31N3O4S. The Kier molecular flexibility index (Phi) is 8.95. The van der Waals surface area contributed by atoms with Crippen LogP contribution in [0.25, 0.3) is 0 Å². The first-order valence-electron chi connectivity index (χ1n) is 7.53. The van der Waals surface area contributed by atoms with Crippen molar-refractivity contribution in [1.29, 1.82) is 0 Å². The molecule has 0 aromatic carbocycles. The summed E-state index contributed by atoms with van der Waals surface area (Å²) in [4.78, 5) is 11.6. The summed E-state index contributed by atoms with van der Waals surface area (Å²) in [6, 6.07) is 0. The van der Waals surface area contributed by atoms with E-state index in [1.807, 2.05) is 20.8 Å². The Bertz CT molecular complexity index is 430. The Hall–Kier alpha value is -0.860. The van der Waals surface area contributed by atoms with Crippen LogP contribution in [-0.4, -0.2) is 52.5 Å². The monoisotopic (exact) mass is 337 g/mol. The number of amides is 1. The summed E-state index contributed by atoms with van der Waals surface area (Å²) in [5.74, 6) is 0.621. The van der Waals surface area contributed by atoms with Gasteiger partial charge in [0.1, 0.15) is 5.60 Å². The smallest absolute Gasteiger partial charge is 0.407 e. The number of rotatable bonds is 9. The summed E-state index contributed by atoms with van der Waals surface area (Å²) in [5, 5.41) is 5.97. The molecule has 0 aliphatic heterocycles. The van der Waals surface area contributed by atoms with Crippen molar-refractivity contribution in [2.45, 2.75) is 40.2 Å². The lowest BCUT2D eigenvalue weighted by atomic mass is 9.96. The molecule has 7 nitrogen and oxygen atoms in total. The lowest BCUT2D eigenvalue weighted by molar-refractivity contribution is 0.0515. The van der Waals surface area contributed by atoms with Crippen molar-refractivity contribution in [3.63, 3.8) is 0 Å². The minimum Gasteiger partial charge on any atom is -0.444 e. The number of hydrogen-bond donors (Lipinski definition) is 3. The van der Waals surface area contributed by atoms with Crippen molar-refractivity contribution in [2.75, 3.05) is 32.4 Å². The largest absolute Gasteiger partial charge is 0.444 e.